The molecule has 0 bridgehead atoms. The van der Waals surface area contributed by atoms with Gasteiger partial charge in [-0.2, -0.15) is 5.10 Å². The molecule has 0 radical (unpaired) electrons. The van der Waals surface area contributed by atoms with Crippen LogP contribution in [0.15, 0.2) is 12.4 Å². The molecule has 0 saturated heterocycles. The fourth-order valence-corrected chi connectivity index (χ4v) is 1.75. The highest BCUT2D eigenvalue weighted by Gasteiger charge is 2.17. The number of anilines is 1. The number of hydrogen-bond donors (Lipinski definition) is 1. The van der Waals surface area contributed by atoms with Crippen molar-refractivity contribution in [3.8, 4) is 5.82 Å². The molecule has 2 aromatic rings. The molecule has 0 saturated carbocycles. The average molecular weight is 219 g/mol. The Hall–Kier alpha value is -1.78. The molecule has 16 heavy (non-hydrogen) atoms. The van der Waals surface area contributed by atoms with E-state index >= 15 is 0 Å². The molecule has 0 unspecified atom stereocenters. The largest absolute Gasteiger partial charge is 0.394 e. The molecule has 0 amide bonds. The van der Waals surface area contributed by atoms with Gasteiger partial charge in [0.2, 0.25) is 0 Å². The molecular formula is C11H17N5. The number of nitrogens with two attached hydrogens (primary N) is 1. The fraction of sp³-hybridized carbons (Fsp3) is 0.455. The molecular weight excluding hydrogens is 202 g/mol. The molecule has 0 atom stereocenters. The lowest BCUT2D eigenvalue weighted by Crippen LogP contribution is -2.11. The molecule has 86 valence electrons. The van der Waals surface area contributed by atoms with Gasteiger partial charge < -0.3 is 5.73 Å². The van der Waals surface area contributed by atoms with Crippen molar-refractivity contribution < 1.29 is 0 Å². The van der Waals surface area contributed by atoms with Gasteiger partial charge >= 0.3 is 0 Å². The molecule has 0 aliphatic rings. The smallest absolute Gasteiger partial charge is 0.160 e. The molecule has 2 rings (SSSR count). The van der Waals surface area contributed by atoms with Crippen molar-refractivity contribution in [3.63, 3.8) is 0 Å². The highest BCUT2D eigenvalue weighted by molar-refractivity contribution is 5.57. The van der Waals surface area contributed by atoms with Gasteiger partial charge in [0.05, 0.1) is 11.4 Å². The number of hydrogen-bond acceptors (Lipinski definition) is 3. The Morgan fingerprint density at radius 3 is 2.50 bits per heavy atom. The molecule has 2 N–H and O–H groups in total. The van der Waals surface area contributed by atoms with Gasteiger partial charge in [-0.05, 0) is 27.7 Å². The number of nitrogens with zero attached hydrogens (tertiary/aromatic N) is 4. The summed E-state index contributed by atoms with van der Waals surface area (Å²) in [7, 11) is 0. The van der Waals surface area contributed by atoms with Crippen LogP contribution in [0.1, 0.15) is 31.4 Å². The molecule has 0 aliphatic heterocycles. The lowest BCUT2D eigenvalue weighted by Gasteiger charge is -2.12. The van der Waals surface area contributed by atoms with E-state index in [-0.39, 0.29) is 6.04 Å². The molecule has 0 spiro atoms. The summed E-state index contributed by atoms with van der Waals surface area (Å²) in [6.45, 7) is 8.04. The van der Waals surface area contributed by atoms with E-state index in [0.29, 0.717) is 0 Å². The Morgan fingerprint density at radius 1 is 1.31 bits per heavy atom. The Morgan fingerprint density at radius 2 is 2.00 bits per heavy atom. The van der Waals surface area contributed by atoms with E-state index < -0.39 is 0 Å². The first-order chi connectivity index (χ1) is 7.52. The lowest BCUT2D eigenvalue weighted by atomic mass is 10.3. The van der Waals surface area contributed by atoms with Gasteiger partial charge in [0.15, 0.2) is 5.82 Å². The zero-order chi connectivity index (χ0) is 11.9. The van der Waals surface area contributed by atoms with Crippen molar-refractivity contribution in [2.24, 2.45) is 0 Å². The second-order valence-corrected chi connectivity index (χ2v) is 4.21. The summed E-state index contributed by atoms with van der Waals surface area (Å²) in [5.74, 6) is 1.82. The number of nitrogen functional groups attached to an aromatic ring is 1. The van der Waals surface area contributed by atoms with Crippen LogP contribution in [0.25, 0.3) is 5.82 Å². The van der Waals surface area contributed by atoms with Crippen molar-refractivity contribution in [1.29, 1.82) is 0 Å². The van der Waals surface area contributed by atoms with Gasteiger partial charge in [-0.3, -0.25) is 4.57 Å². The van der Waals surface area contributed by atoms with Gasteiger partial charge in [0.25, 0.3) is 0 Å². The fourth-order valence-electron chi connectivity index (χ4n) is 1.75. The van der Waals surface area contributed by atoms with Crippen LogP contribution in [0.4, 0.5) is 5.69 Å². The Kier molecular flexibility index (Phi) is 2.46. The molecule has 0 aromatic carbocycles. The third-order valence-electron chi connectivity index (χ3n) is 2.65. The first-order valence-corrected chi connectivity index (χ1v) is 5.37. The van der Waals surface area contributed by atoms with Crippen molar-refractivity contribution >= 4 is 5.69 Å². The van der Waals surface area contributed by atoms with Crippen LogP contribution in [0.3, 0.4) is 0 Å². The summed E-state index contributed by atoms with van der Waals surface area (Å²) < 4.78 is 3.90. The van der Waals surface area contributed by atoms with E-state index in [2.05, 4.69) is 23.9 Å². The minimum absolute atomic E-state index is 0.271. The Bertz CT molecular complexity index is 506. The van der Waals surface area contributed by atoms with Gasteiger partial charge in [-0.1, -0.05) is 0 Å². The van der Waals surface area contributed by atoms with E-state index in [4.69, 9.17) is 5.73 Å². The van der Waals surface area contributed by atoms with Crippen molar-refractivity contribution in [1.82, 2.24) is 19.3 Å². The van der Waals surface area contributed by atoms with Crippen LogP contribution in [-0.4, -0.2) is 19.3 Å². The predicted octanol–water partition coefficient (Wildman–Crippen LogP) is 1.85. The SMILES string of the molecule is Cc1nn(C(C)C)c(-n2ccnc2C)c1N. The van der Waals surface area contributed by atoms with E-state index in [1.54, 1.807) is 6.20 Å². The van der Waals surface area contributed by atoms with Crippen LogP contribution >= 0.6 is 0 Å². The van der Waals surface area contributed by atoms with E-state index in [1.165, 1.54) is 0 Å². The van der Waals surface area contributed by atoms with Crippen LogP contribution in [-0.2, 0) is 0 Å². The Labute approximate surface area is 94.9 Å². The summed E-state index contributed by atoms with van der Waals surface area (Å²) in [5, 5.41) is 4.45. The molecule has 5 heteroatoms. The van der Waals surface area contributed by atoms with Crippen LogP contribution in [0.5, 0.6) is 0 Å². The predicted molar refractivity (Wildman–Crippen MR) is 63.6 cm³/mol. The van der Waals surface area contributed by atoms with Crippen LogP contribution in [0, 0.1) is 13.8 Å². The summed E-state index contributed by atoms with van der Waals surface area (Å²) in [6, 6.07) is 0.271. The number of imidazole rings is 1. The molecule has 2 heterocycles. The highest BCUT2D eigenvalue weighted by atomic mass is 15.4. The molecule has 2 aromatic heterocycles. The zero-order valence-corrected chi connectivity index (χ0v) is 10.1. The number of rotatable bonds is 2. The third kappa shape index (κ3) is 1.48. The van der Waals surface area contributed by atoms with Crippen LogP contribution < -0.4 is 5.73 Å². The lowest BCUT2D eigenvalue weighted by molar-refractivity contribution is 0.517. The first kappa shape index (κ1) is 10.7. The second-order valence-electron chi connectivity index (χ2n) is 4.21. The van der Waals surface area contributed by atoms with Gasteiger partial charge in [-0.25, -0.2) is 9.67 Å². The van der Waals surface area contributed by atoms with Gasteiger partial charge in [0, 0.05) is 18.4 Å². The zero-order valence-electron chi connectivity index (χ0n) is 10.1. The maximum absolute atomic E-state index is 6.07. The van der Waals surface area contributed by atoms with Crippen LogP contribution in [0.2, 0.25) is 0 Å². The quantitative estimate of drug-likeness (QED) is 0.838. The monoisotopic (exact) mass is 219 g/mol. The van der Waals surface area contributed by atoms with Crippen molar-refractivity contribution in [2.75, 3.05) is 5.73 Å². The summed E-state index contributed by atoms with van der Waals surface area (Å²) in [6.07, 6.45) is 3.67. The summed E-state index contributed by atoms with van der Waals surface area (Å²) in [4.78, 5) is 4.21. The Balaban J connectivity index is 2.68. The van der Waals surface area contributed by atoms with Gasteiger partial charge in [0.1, 0.15) is 5.82 Å². The number of aryl methyl sites for hydroxylation is 2. The van der Waals surface area contributed by atoms with Crippen molar-refractivity contribution in [3.05, 3.63) is 23.9 Å². The maximum atomic E-state index is 6.07. The van der Waals surface area contributed by atoms with Crippen molar-refractivity contribution in [2.45, 2.75) is 33.7 Å². The summed E-state index contributed by atoms with van der Waals surface area (Å²) >= 11 is 0. The minimum atomic E-state index is 0.271. The highest BCUT2D eigenvalue weighted by Crippen LogP contribution is 2.24. The molecule has 0 fully saturated rings. The minimum Gasteiger partial charge on any atom is -0.394 e. The van der Waals surface area contributed by atoms with E-state index in [9.17, 15) is 0 Å². The van der Waals surface area contributed by atoms with Gasteiger partial charge in [-0.15, -0.1) is 0 Å². The third-order valence-corrected chi connectivity index (χ3v) is 2.65. The normalized spacial score (nSPS) is 11.3. The first-order valence-electron chi connectivity index (χ1n) is 5.37. The van der Waals surface area contributed by atoms with E-state index in [0.717, 1.165) is 23.0 Å². The van der Waals surface area contributed by atoms with E-state index in [1.807, 2.05) is 29.3 Å². The number of aromatic nitrogens is 4. The summed E-state index contributed by atoms with van der Waals surface area (Å²) in [5.41, 5.74) is 7.64. The topological polar surface area (TPSA) is 61.7 Å². The molecule has 5 nitrogen and oxygen atoms in total. The average Bonchev–Trinajstić information content (AvgIpc) is 2.73. The molecule has 0 aliphatic carbocycles. The second kappa shape index (κ2) is 3.66. The standard InChI is InChI=1S/C11H17N5/c1-7(2)16-11(10(12)8(3)14-16)15-6-5-13-9(15)4/h5-7H,12H2,1-4H3. The maximum Gasteiger partial charge on any atom is 0.160 e.